The topological polar surface area (TPSA) is 20.7 Å². The number of hydrogen-bond acceptors (Lipinski definition) is 1. The standard InChI is InChI=1S/C12H15FN2S/c1-7(2)6-15-11-4-8(3)9(13)5-10(11)14-12(15)16/h4-5,7H,6H2,1-3H3,(H,14,16). The molecule has 0 bridgehead atoms. The predicted octanol–water partition coefficient (Wildman–Crippen LogP) is 3.80. The minimum atomic E-state index is -0.194. The number of halogens is 1. The van der Waals surface area contributed by atoms with Crippen LogP contribution in [0.15, 0.2) is 12.1 Å². The third-order valence-corrected chi connectivity index (χ3v) is 2.92. The van der Waals surface area contributed by atoms with Crippen molar-refractivity contribution in [3.8, 4) is 0 Å². The van der Waals surface area contributed by atoms with Crippen LogP contribution >= 0.6 is 12.2 Å². The first-order chi connectivity index (χ1) is 7.49. The highest BCUT2D eigenvalue weighted by molar-refractivity contribution is 7.71. The van der Waals surface area contributed by atoms with Crippen LogP contribution in [-0.4, -0.2) is 9.55 Å². The van der Waals surface area contributed by atoms with Gasteiger partial charge in [-0.2, -0.15) is 0 Å². The molecule has 0 atom stereocenters. The van der Waals surface area contributed by atoms with Gasteiger partial charge in [-0.15, -0.1) is 0 Å². The van der Waals surface area contributed by atoms with E-state index in [9.17, 15) is 4.39 Å². The van der Waals surface area contributed by atoms with Crippen molar-refractivity contribution in [3.63, 3.8) is 0 Å². The third-order valence-electron chi connectivity index (χ3n) is 2.60. The van der Waals surface area contributed by atoms with E-state index in [0.717, 1.165) is 17.6 Å². The monoisotopic (exact) mass is 238 g/mol. The molecule has 16 heavy (non-hydrogen) atoms. The third kappa shape index (κ3) is 1.89. The maximum atomic E-state index is 13.4. The smallest absolute Gasteiger partial charge is 0.178 e. The minimum Gasteiger partial charge on any atom is -0.330 e. The zero-order chi connectivity index (χ0) is 11.9. The number of imidazole rings is 1. The molecule has 0 spiro atoms. The summed E-state index contributed by atoms with van der Waals surface area (Å²) in [5, 5.41) is 0. The highest BCUT2D eigenvalue weighted by atomic mass is 32.1. The molecule has 0 unspecified atom stereocenters. The Kier molecular flexibility index (Phi) is 2.84. The van der Waals surface area contributed by atoms with Crippen LogP contribution in [0.2, 0.25) is 0 Å². The number of rotatable bonds is 2. The lowest BCUT2D eigenvalue weighted by molar-refractivity contribution is 0.528. The van der Waals surface area contributed by atoms with Crippen molar-refractivity contribution in [2.75, 3.05) is 0 Å². The van der Waals surface area contributed by atoms with Crippen LogP contribution in [0.5, 0.6) is 0 Å². The van der Waals surface area contributed by atoms with Crippen LogP contribution in [0, 0.1) is 23.4 Å². The van der Waals surface area contributed by atoms with Gasteiger partial charge in [0.2, 0.25) is 0 Å². The number of aromatic amines is 1. The van der Waals surface area contributed by atoms with Crippen LogP contribution in [0.4, 0.5) is 4.39 Å². The summed E-state index contributed by atoms with van der Waals surface area (Å²) in [5.41, 5.74) is 2.41. The number of H-pyrrole nitrogens is 1. The van der Waals surface area contributed by atoms with Crippen molar-refractivity contribution in [2.24, 2.45) is 5.92 Å². The van der Waals surface area contributed by atoms with Crippen molar-refractivity contribution >= 4 is 23.3 Å². The Bertz CT molecular complexity index is 580. The van der Waals surface area contributed by atoms with E-state index in [-0.39, 0.29) is 5.82 Å². The second-order valence-electron chi connectivity index (χ2n) is 4.55. The van der Waals surface area contributed by atoms with Crippen LogP contribution in [0.3, 0.4) is 0 Å². The molecule has 0 aliphatic carbocycles. The molecule has 0 amide bonds. The van der Waals surface area contributed by atoms with Crippen LogP contribution < -0.4 is 0 Å². The van der Waals surface area contributed by atoms with E-state index in [1.165, 1.54) is 6.07 Å². The number of nitrogens with one attached hydrogen (secondary N) is 1. The van der Waals surface area contributed by atoms with Gasteiger partial charge in [-0.05, 0) is 42.8 Å². The van der Waals surface area contributed by atoms with Crippen molar-refractivity contribution in [2.45, 2.75) is 27.3 Å². The van der Waals surface area contributed by atoms with Crippen LogP contribution in [0.25, 0.3) is 11.0 Å². The Balaban J connectivity index is 2.69. The Morgan fingerprint density at radius 2 is 2.12 bits per heavy atom. The van der Waals surface area contributed by atoms with Crippen LogP contribution in [0.1, 0.15) is 19.4 Å². The minimum absolute atomic E-state index is 0.194. The molecule has 0 aliphatic rings. The molecular formula is C12H15FN2S. The van der Waals surface area contributed by atoms with Gasteiger partial charge >= 0.3 is 0 Å². The number of hydrogen-bond donors (Lipinski definition) is 1. The summed E-state index contributed by atoms with van der Waals surface area (Å²) < 4.78 is 16.1. The number of benzene rings is 1. The maximum absolute atomic E-state index is 13.4. The van der Waals surface area contributed by atoms with Crippen molar-refractivity contribution in [1.29, 1.82) is 0 Å². The second-order valence-corrected chi connectivity index (χ2v) is 4.94. The average molecular weight is 238 g/mol. The molecule has 1 aromatic carbocycles. The molecule has 4 heteroatoms. The van der Waals surface area contributed by atoms with E-state index in [1.54, 1.807) is 6.92 Å². The lowest BCUT2D eigenvalue weighted by atomic mass is 10.2. The summed E-state index contributed by atoms with van der Waals surface area (Å²) in [7, 11) is 0. The first-order valence-electron chi connectivity index (χ1n) is 5.37. The van der Waals surface area contributed by atoms with Gasteiger partial charge in [0.15, 0.2) is 4.77 Å². The number of nitrogens with zero attached hydrogens (tertiary/aromatic N) is 1. The van der Waals surface area contributed by atoms with Gasteiger partial charge < -0.3 is 9.55 Å². The summed E-state index contributed by atoms with van der Waals surface area (Å²) in [6.07, 6.45) is 0. The lowest BCUT2D eigenvalue weighted by Crippen LogP contribution is -2.04. The van der Waals surface area contributed by atoms with E-state index in [0.29, 0.717) is 16.3 Å². The molecule has 1 aromatic heterocycles. The van der Waals surface area contributed by atoms with Gasteiger partial charge in [-0.3, -0.25) is 0 Å². The predicted molar refractivity (Wildman–Crippen MR) is 66.7 cm³/mol. The van der Waals surface area contributed by atoms with E-state index in [1.807, 2.05) is 10.6 Å². The second kappa shape index (κ2) is 4.01. The summed E-state index contributed by atoms with van der Waals surface area (Å²) in [6, 6.07) is 3.36. The zero-order valence-electron chi connectivity index (χ0n) is 9.67. The molecule has 1 heterocycles. The summed E-state index contributed by atoms with van der Waals surface area (Å²) in [6.45, 7) is 6.89. The van der Waals surface area contributed by atoms with E-state index in [4.69, 9.17) is 12.2 Å². The molecule has 0 fully saturated rings. The number of aromatic nitrogens is 2. The normalized spacial score (nSPS) is 11.6. The Morgan fingerprint density at radius 3 is 2.75 bits per heavy atom. The fourth-order valence-corrected chi connectivity index (χ4v) is 2.11. The molecule has 0 saturated carbocycles. The first-order valence-corrected chi connectivity index (χ1v) is 5.78. The molecule has 2 nitrogen and oxygen atoms in total. The Hall–Kier alpha value is -1.16. The summed E-state index contributed by atoms with van der Waals surface area (Å²) in [5.74, 6) is 0.316. The van der Waals surface area contributed by atoms with Crippen molar-refractivity contribution in [3.05, 3.63) is 28.3 Å². The molecule has 0 radical (unpaired) electrons. The van der Waals surface area contributed by atoms with Gasteiger partial charge in [-0.1, -0.05) is 13.8 Å². The van der Waals surface area contributed by atoms with Gasteiger partial charge in [0.25, 0.3) is 0 Å². The van der Waals surface area contributed by atoms with E-state index < -0.39 is 0 Å². The van der Waals surface area contributed by atoms with Gasteiger partial charge in [-0.25, -0.2) is 4.39 Å². The maximum Gasteiger partial charge on any atom is 0.178 e. The zero-order valence-corrected chi connectivity index (χ0v) is 10.5. The first kappa shape index (κ1) is 11.3. The van der Waals surface area contributed by atoms with E-state index in [2.05, 4.69) is 18.8 Å². The van der Waals surface area contributed by atoms with Crippen LogP contribution in [-0.2, 0) is 6.54 Å². The van der Waals surface area contributed by atoms with Gasteiger partial charge in [0.1, 0.15) is 5.82 Å². The quantitative estimate of drug-likeness (QED) is 0.789. The highest BCUT2D eigenvalue weighted by Gasteiger charge is 2.08. The fourth-order valence-electron chi connectivity index (χ4n) is 1.83. The average Bonchev–Trinajstić information content (AvgIpc) is 2.45. The van der Waals surface area contributed by atoms with Crippen molar-refractivity contribution < 1.29 is 4.39 Å². The number of aryl methyl sites for hydroxylation is 1. The molecule has 2 aromatic rings. The summed E-state index contributed by atoms with van der Waals surface area (Å²) >= 11 is 5.24. The molecule has 0 aliphatic heterocycles. The molecular weight excluding hydrogens is 223 g/mol. The largest absolute Gasteiger partial charge is 0.330 e. The number of fused-ring (bicyclic) bond motifs is 1. The van der Waals surface area contributed by atoms with E-state index >= 15 is 0 Å². The fraction of sp³-hybridized carbons (Fsp3) is 0.417. The molecule has 1 N–H and O–H groups in total. The lowest BCUT2D eigenvalue weighted by Gasteiger charge is -2.07. The molecule has 2 rings (SSSR count). The Labute approximate surface area is 99.1 Å². The highest BCUT2D eigenvalue weighted by Crippen LogP contribution is 2.19. The molecule has 86 valence electrons. The van der Waals surface area contributed by atoms with Gasteiger partial charge in [0.05, 0.1) is 11.0 Å². The summed E-state index contributed by atoms with van der Waals surface area (Å²) in [4.78, 5) is 3.04. The SMILES string of the molecule is Cc1cc2c(cc1F)[nH]c(=S)n2CC(C)C. The molecule has 0 saturated heterocycles. The Morgan fingerprint density at radius 1 is 1.44 bits per heavy atom. The van der Waals surface area contributed by atoms with Crippen molar-refractivity contribution in [1.82, 2.24) is 9.55 Å². The van der Waals surface area contributed by atoms with Gasteiger partial charge in [0, 0.05) is 6.54 Å².